The van der Waals surface area contributed by atoms with Crippen LogP contribution in [0.3, 0.4) is 0 Å². The van der Waals surface area contributed by atoms with Gasteiger partial charge in [-0.05, 0) is 18.2 Å². The molecule has 3 heterocycles. The lowest BCUT2D eigenvalue weighted by molar-refractivity contribution is -0.226. The van der Waals surface area contributed by atoms with Crippen LogP contribution in [0.2, 0.25) is 0 Å². The minimum Gasteiger partial charge on any atom is -0.427 e. The molecule has 0 spiro atoms. The first-order valence-electron chi connectivity index (χ1n) is 9.52. The average Bonchev–Trinajstić information content (AvgIpc) is 3.31. The Morgan fingerprint density at radius 1 is 1.03 bits per heavy atom. The largest absolute Gasteiger partial charge is 0.427 e. The number of anilines is 1. The molecule has 1 aromatic carbocycles. The third-order valence-electron chi connectivity index (χ3n) is 5.33. The van der Waals surface area contributed by atoms with Crippen molar-refractivity contribution in [1.82, 2.24) is 0 Å². The highest BCUT2D eigenvalue weighted by Crippen LogP contribution is 2.54. The van der Waals surface area contributed by atoms with Crippen LogP contribution in [0.5, 0.6) is 5.75 Å². The van der Waals surface area contributed by atoms with Crippen LogP contribution in [0.25, 0.3) is 0 Å². The van der Waals surface area contributed by atoms with Crippen LogP contribution in [0, 0.1) is 11.8 Å². The molecule has 0 N–H and O–H groups in total. The minimum atomic E-state index is -1.62. The maximum Gasteiger partial charge on any atom is 0.308 e. The van der Waals surface area contributed by atoms with Crippen molar-refractivity contribution in [2.75, 3.05) is 4.90 Å². The van der Waals surface area contributed by atoms with Crippen molar-refractivity contribution in [3.8, 4) is 5.75 Å². The first-order chi connectivity index (χ1) is 14.6. The smallest absolute Gasteiger partial charge is 0.308 e. The summed E-state index contributed by atoms with van der Waals surface area (Å²) in [5, 5.41) is 0. The lowest BCUT2D eigenvalue weighted by atomic mass is 9.76. The van der Waals surface area contributed by atoms with E-state index in [9.17, 15) is 24.0 Å². The summed E-state index contributed by atoms with van der Waals surface area (Å²) in [6.45, 7) is 3.49. The number of fused-ring (bicyclic) bond motifs is 5. The second-order valence-corrected chi connectivity index (χ2v) is 7.45. The minimum absolute atomic E-state index is 0.174. The van der Waals surface area contributed by atoms with Gasteiger partial charge in [0.05, 0.1) is 23.6 Å². The Bertz CT molecular complexity index is 1020. The summed E-state index contributed by atoms with van der Waals surface area (Å²) in [5.74, 6) is -4.94. The van der Waals surface area contributed by atoms with E-state index in [1.807, 2.05) is 0 Å². The van der Waals surface area contributed by atoms with Gasteiger partial charge in [0.2, 0.25) is 11.8 Å². The fourth-order valence-electron chi connectivity index (χ4n) is 4.32. The molecule has 4 atom stereocenters. The SMILES string of the molecule is CC(=O)Oc1cccc(N2C(=O)[C@@H]3[C@@H]4C=C[C@](C(OC(C)=O)OC(C)=O)(O4)[C@@H]3C2=O)c1. The van der Waals surface area contributed by atoms with E-state index in [4.69, 9.17) is 18.9 Å². The number of benzene rings is 1. The average molecular weight is 429 g/mol. The standard InChI is InChI=1S/C21H19NO9/c1-10(23)28-14-6-4-5-13(9-14)22-18(26)16-15-7-8-21(31-15,17(16)19(22)27)20(29-11(2)24)30-12(3)25/h4-9,15-17,20H,1-3H3/t15-,16+,17-,21-/m0/s1. The summed E-state index contributed by atoms with van der Waals surface area (Å²) in [6, 6.07) is 5.99. The van der Waals surface area contributed by atoms with Crippen molar-refractivity contribution in [3.05, 3.63) is 36.4 Å². The number of esters is 3. The molecule has 2 bridgehead atoms. The zero-order chi connectivity index (χ0) is 22.5. The van der Waals surface area contributed by atoms with Gasteiger partial charge in [0, 0.05) is 26.8 Å². The topological polar surface area (TPSA) is 126 Å². The first kappa shape index (κ1) is 20.7. The van der Waals surface area contributed by atoms with Crippen LogP contribution in [0.4, 0.5) is 5.69 Å². The van der Waals surface area contributed by atoms with Gasteiger partial charge in [-0.3, -0.25) is 24.0 Å². The molecule has 31 heavy (non-hydrogen) atoms. The molecule has 4 rings (SSSR count). The Morgan fingerprint density at radius 2 is 1.71 bits per heavy atom. The number of nitrogens with zero attached hydrogens (tertiary/aromatic N) is 1. The highest BCUT2D eigenvalue weighted by atomic mass is 16.7. The Morgan fingerprint density at radius 3 is 2.32 bits per heavy atom. The molecule has 3 aliphatic heterocycles. The van der Waals surface area contributed by atoms with E-state index in [2.05, 4.69) is 0 Å². The maximum absolute atomic E-state index is 13.4. The molecule has 2 amide bonds. The molecule has 2 saturated heterocycles. The second kappa shape index (κ2) is 7.31. The summed E-state index contributed by atoms with van der Waals surface area (Å²) in [6.07, 6.45) is 0.796. The van der Waals surface area contributed by atoms with Crippen molar-refractivity contribution in [3.63, 3.8) is 0 Å². The normalized spacial score (nSPS) is 28.1. The number of hydrogen-bond acceptors (Lipinski definition) is 9. The Labute approximate surface area is 176 Å². The molecular formula is C21H19NO9. The lowest BCUT2D eigenvalue weighted by Crippen LogP contribution is -2.52. The zero-order valence-corrected chi connectivity index (χ0v) is 16.9. The predicted octanol–water partition coefficient (Wildman–Crippen LogP) is 0.877. The summed E-state index contributed by atoms with van der Waals surface area (Å²) in [5.41, 5.74) is -1.41. The van der Waals surface area contributed by atoms with E-state index in [1.54, 1.807) is 12.1 Å². The highest BCUT2D eigenvalue weighted by Gasteiger charge is 2.72. The first-order valence-corrected chi connectivity index (χ1v) is 9.52. The fraction of sp³-hybridized carbons (Fsp3) is 0.381. The highest BCUT2D eigenvalue weighted by molar-refractivity contribution is 6.23. The van der Waals surface area contributed by atoms with E-state index in [0.717, 1.165) is 18.7 Å². The zero-order valence-electron chi connectivity index (χ0n) is 16.9. The monoisotopic (exact) mass is 429 g/mol. The quantitative estimate of drug-likeness (QED) is 0.220. The molecule has 0 unspecified atom stereocenters. The van der Waals surface area contributed by atoms with E-state index in [0.29, 0.717) is 0 Å². The molecule has 0 radical (unpaired) electrons. The number of hydrogen-bond donors (Lipinski definition) is 0. The van der Waals surface area contributed by atoms with Crippen molar-refractivity contribution < 1.29 is 42.9 Å². The number of ether oxygens (including phenoxy) is 4. The Hall–Kier alpha value is -3.53. The van der Waals surface area contributed by atoms with E-state index >= 15 is 0 Å². The van der Waals surface area contributed by atoms with Crippen LogP contribution in [0.1, 0.15) is 20.8 Å². The van der Waals surface area contributed by atoms with Gasteiger partial charge in [0.25, 0.3) is 6.29 Å². The van der Waals surface area contributed by atoms with Crippen LogP contribution < -0.4 is 9.64 Å². The summed E-state index contributed by atoms with van der Waals surface area (Å²) >= 11 is 0. The third-order valence-corrected chi connectivity index (χ3v) is 5.33. The van der Waals surface area contributed by atoms with Gasteiger partial charge in [-0.1, -0.05) is 12.1 Å². The Kier molecular flexibility index (Phi) is 4.89. The van der Waals surface area contributed by atoms with Gasteiger partial charge in [0.15, 0.2) is 5.60 Å². The molecule has 0 aliphatic carbocycles. The summed E-state index contributed by atoms with van der Waals surface area (Å²) in [4.78, 5) is 62.1. The van der Waals surface area contributed by atoms with Crippen molar-refractivity contribution in [2.24, 2.45) is 11.8 Å². The van der Waals surface area contributed by atoms with E-state index in [1.165, 1.54) is 31.2 Å². The van der Waals surface area contributed by atoms with Crippen molar-refractivity contribution >= 4 is 35.4 Å². The molecule has 1 aromatic rings. The summed E-state index contributed by atoms with van der Waals surface area (Å²) in [7, 11) is 0. The molecule has 10 nitrogen and oxygen atoms in total. The number of rotatable bonds is 5. The van der Waals surface area contributed by atoms with Gasteiger partial charge in [0.1, 0.15) is 5.75 Å². The number of imide groups is 1. The molecule has 10 heteroatoms. The molecular weight excluding hydrogens is 410 g/mol. The van der Waals surface area contributed by atoms with Crippen molar-refractivity contribution in [1.29, 1.82) is 0 Å². The molecule has 2 fully saturated rings. The van der Waals surface area contributed by atoms with Gasteiger partial charge in [-0.15, -0.1) is 0 Å². The summed E-state index contributed by atoms with van der Waals surface area (Å²) < 4.78 is 21.3. The third kappa shape index (κ3) is 3.28. The molecule has 3 aliphatic rings. The van der Waals surface area contributed by atoms with E-state index < -0.39 is 59.6 Å². The van der Waals surface area contributed by atoms with E-state index in [-0.39, 0.29) is 11.4 Å². The van der Waals surface area contributed by atoms with Crippen LogP contribution >= 0.6 is 0 Å². The number of carbonyl (C=O) groups is 5. The number of carbonyl (C=O) groups excluding carboxylic acids is 5. The molecule has 0 aromatic heterocycles. The second-order valence-electron chi connectivity index (χ2n) is 7.45. The fourth-order valence-corrected chi connectivity index (χ4v) is 4.32. The van der Waals surface area contributed by atoms with Gasteiger partial charge >= 0.3 is 17.9 Å². The van der Waals surface area contributed by atoms with Gasteiger partial charge in [-0.2, -0.15) is 0 Å². The molecule has 162 valence electrons. The van der Waals surface area contributed by atoms with Crippen LogP contribution in [-0.4, -0.2) is 47.7 Å². The van der Waals surface area contributed by atoms with Gasteiger partial charge < -0.3 is 18.9 Å². The van der Waals surface area contributed by atoms with Crippen LogP contribution in [-0.2, 0) is 38.2 Å². The van der Waals surface area contributed by atoms with Crippen LogP contribution in [0.15, 0.2) is 36.4 Å². The maximum atomic E-state index is 13.4. The predicted molar refractivity (Wildman–Crippen MR) is 101 cm³/mol. The Balaban J connectivity index is 1.71. The lowest BCUT2D eigenvalue weighted by Gasteiger charge is -2.34. The van der Waals surface area contributed by atoms with Gasteiger partial charge in [-0.25, -0.2) is 4.90 Å². The molecule has 0 saturated carbocycles. The number of amides is 2. The van der Waals surface area contributed by atoms with Crippen molar-refractivity contribution in [2.45, 2.75) is 38.8 Å².